The van der Waals surface area contributed by atoms with E-state index in [1.807, 2.05) is 29.1 Å². The SMILES string of the molecule is COc1cccc(CCn2cc(-c3cnc(N4CCOCC4)nc3)nn2)c1. The van der Waals surface area contributed by atoms with Crippen molar-refractivity contribution in [2.75, 3.05) is 38.3 Å². The lowest BCUT2D eigenvalue weighted by Gasteiger charge is -2.26. The molecule has 0 N–H and O–H groups in total. The van der Waals surface area contributed by atoms with E-state index in [2.05, 4.69) is 31.2 Å². The number of hydrogen-bond donors (Lipinski definition) is 0. The number of morpholine rings is 1. The summed E-state index contributed by atoms with van der Waals surface area (Å²) in [6.45, 7) is 3.81. The largest absolute Gasteiger partial charge is 0.497 e. The van der Waals surface area contributed by atoms with Crippen LogP contribution in [0.2, 0.25) is 0 Å². The van der Waals surface area contributed by atoms with E-state index in [4.69, 9.17) is 9.47 Å². The van der Waals surface area contributed by atoms with Gasteiger partial charge in [0, 0.05) is 37.6 Å². The molecule has 140 valence electrons. The summed E-state index contributed by atoms with van der Waals surface area (Å²) in [6.07, 6.45) is 6.38. The van der Waals surface area contributed by atoms with Gasteiger partial charge in [-0.2, -0.15) is 0 Å². The van der Waals surface area contributed by atoms with Crippen LogP contribution < -0.4 is 9.64 Å². The second-order valence-corrected chi connectivity index (χ2v) is 6.34. The van der Waals surface area contributed by atoms with Crippen LogP contribution in [0.5, 0.6) is 5.75 Å². The summed E-state index contributed by atoms with van der Waals surface area (Å²) >= 11 is 0. The fourth-order valence-corrected chi connectivity index (χ4v) is 2.99. The molecule has 0 unspecified atom stereocenters. The molecule has 3 aromatic rings. The molecule has 0 bridgehead atoms. The van der Waals surface area contributed by atoms with Crippen LogP contribution in [0.1, 0.15) is 5.56 Å². The molecule has 0 saturated carbocycles. The first-order valence-electron chi connectivity index (χ1n) is 9.00. The Morgan fingerprint density at radius 3 is 2.74 bits per heavy atom. The lowest BCUT2D eigenvalue weighted by molar-refractivity contribution is 0.122. The van der Waals surface area contributed by atoms with Crippen LogP contribution >= 0.6 is 0 Å². The van der Waals surface area contributed by atoms with Crippen LogP contribution in [0.25, 0.3) is 11.3 Å². The summed E-state index contributed by atoms with van der Waals surface area (Å²) in [7, 11) is 1.68. The monoisotopic (exact) mass is 366 g/mol. The third-order valence-electron chi connectivity index (χ3n) is 4.53. The first kappa shape index (κ1) is 17.4. The molecule has 0 radical (unpaired) electrons. The number of rotatable bonds is 6. The van der Waals surface area contributed by atoms with E-state index in [9.17, 15) is 0 Å². The van der Waals surface area contributed by atoms with E-state index in [-0.39, 0.29) is 0 Å². The molecule has 8 nitrogen and oxygen atoms in total. The Kier molecular flexibility index (Phi) is 5.24. The van der Waals surface area contributed by atoms with Gasteiger partial charge in [-0.3, -0.25) is 4.68 Å². The maximum Gasteiger partial charge on any atom is 0.225 e. The Balaban J connectivity index is 1.39. The minimum absolute atomic E-state index is 0.715. The van der Waals surface area contributed by atoms with Crippen LogP contribution in [0, 0.1) is 0 Å². The van der Waals surface area contributed by atoms with Gasteiger partial charge in [0.15, 0.2) is 0 Å². The molecule has 27 heavy (non-hydrogen) atoms. The molecular weight excluding hydrogens is 344 g/mol. The molecule has 0 atom stereocenters. The van der Waals surface area contributed by atoms with Gasteiger partial charge in [-0.05, 0) is 24.1 Å². The normalized spacial score (nSPS) is 14.3. The average molecular weight is 366 g/mol. The van der Waals surface area contributed by atoms with Crippen LogP contribution in [-0.2, 0) is 17.7 Å². The number of hydrogen-bond acceptors (Lipinski definition) is 7. The molecule has 0 amide bonds. The summed E-state index contributed by atoms with van der Waals surface area (Å²) in [5.41, 5.74) is 2.83. The second-order valence-electron chi connectivity index (χ2n) is 6.34. The van der Waals surface area contributed by atoms with Gasteiger partial charge in [-0.15, -0.1) is 5.10 Å². The first-order valence-corrected chi connectivity index (χ1v) is 9.00. The van der Waals surface area contributed by atoms with Crippen molar-refractivity contribution >= 4 is 5.95 Å². The number of methoxy groups -OCH3 is 1. The van der Waals surface area contributed by atoms with E-state index >= 15 is 0 Å². The number of aryl methyl sites for hydroxylation is 2. The fraction of sp³-hybridized carbons (Fsp3) is 0.368. The minimum Gasteiger partial charge on any atom is -0.497 e. The molecule has 0 aliphatic carbocycles. The van der Waals surface area contributed by atoms with Crippen molar-refractivity contribution < 1.29 is 9.47 Å². The molecule has 1 saturated heterocycles. The first-order chi connectivity index (χ1) is 13.3. The summed E-state index contributed by atoms with van der Waals surface area (Å²) in [4.78, 5) is 11.1. The summed E-state index contributed by atoms with van der Waals surface area (Å²) in [6, 6.07) is 8.06. The Bertz CT molecular complexity index is 874. The average Bonchev–Trinajstić information content (AvgIpc) is 3.22. The maximum atomic E-state index is 5.36. The van der Waals surface area contributed by atoms with Gasteiger partial charge in [0.2, 0.25) is 5.95 Å². The van der Waals surface area contributed by atoms with Crippen molar-refractivity contribution in [1.29, 1.82) is 0 Å². The van der Waals surface area contributed by atoms with Gasteiger partial charge < -0.3 is 14.4 Å². The summed E-state index contributed by atoms with van der Waals surface area (Å²) < 4.78 is 12.5. The highest BCUT2D eigenvalue weighted by molar-refractivity contribution is 5.56. The third-order valence-corrected chi connectivity index (χ3v) is 4.53. The molecule has 8 heteroatoms. The lowest BCUT2D eigenvalue weighted by atomic mass is 10.1. The van der Waals surface area contributed by atoms with Crippen LogP contribution in [0.3, 0.4) is 0 Å². The summed E-state index contributed by atoms with van der Waals surface area (Å²) in [5, 5.41) is 8.46. The van der Waals surface area contributed by atoms with Crippen molar-refractivity contribution in [3.8, 4) is 17.0 Å². The number of nitrogens with zero attached hydrogens (tertiary/aromatic N) is 6. The van der Waals surface area contributed by atoms with E-state index in [1.165, 1.54) is 5.56 Å². The van der Waals surface area contributed by atoms with E-state index < -0.39 is 0 Å². The standard InChI is InChI=1S/C19H22N6O2/c1-26-17-4-2-3-15(11-17)5-6-25-14-18(22-23-25)16-12-20-19(21-13-16)24-7-9-27-10-8-24/h2-4,11-14H,5-10H2,1H3. The molecule has 1 aliphatic rings. The molecule has 3 heterocycles. The molecular formula is C19H22N6O2. The Morgan fingerprint density at radius 2 is 1.96 bits per heavy atom. The van der Waals surface area contributed by atoms with Crippen molar-refractivity contribution in [3.63, 3.8) is 0 Å². The third kappa shape index (κ3) is 4.22. The van der Waals surface area contributed by atoms with Crippen molar-refractivity contribution in [2.45, 2.75) is 13.0 Å². The molecule has 0 spiro atoms. The Labute approximate surface area is 157 Å². The van der Waals surface area contributed by atoms with Gasteiger partial charge in [-0.25, -0.2) is 9.97 Å². The highest BCUT2D eigenvalue weighted by Gasteiger charge is 2.14. The molecule has 1 aromatic carbocycles. The highest BCUT2D eigenvalue weighted by atomic mass is 16.5. The highest BCUT2D eigenvalue weighted by Crippen LogP contribution is 2.17. The van der Waals surface area contributed by atoms with Gasteiger partial charge in [-0.1, -0.05) is 17.3 Å². The van der Waals surface area contributed by atoms with Gasteiger partial charge in [0.1, 0.15) is 11.4 Å². The topological polar surface area (TPSA) is 78.2 Å². The zero-order valence-electron chi connectivity index (χ0n) is 15.3. The van der Waals surface area contributed by atoms with Crippen LogP contribution in [0.4, 0.5) is 5.95 Å². The molecule has 1 aliphatic heterocycles. The molecule has 2 aromatic heterocycles. The zero-order chi connectivity index (χ0) is 18.5. The molecule has 1 fully saturated rings. The predicted molar refractivity (Wildman–Crippen MR) is 101 cm³/mol. The number of ether oxygens (including phenoxy) is 2. The van der Waals surface area contributed by atoms with E-state index in [0.717, 1.165) is 49.0 Å². The number of benzene rings is 1. The quantitative estimate of drug-likeness (QED) is 0.658. The zero-order valence-corrected chi connectivity index (χ0v) is 15.3. The van der Waals surface area contributed by atoms with Crippen LogP contribution in [0.15, 0.2) is 42.9 Å². The van der Waals surface area contributed by atoms with E-state index in [1.54, 1.807) is 19.5 Å². The van der Waals surface area contributed by atoms with Gasteiger partial charge in [0.25, 0.3) is 0 Å². The fourth-order valence-electron chi connectivity index (χ4n) is 2.99. The van der Waals surface area contributed by atoms with E-state index in [0.29, 0.717) is 13.2 Å². The lowest BCUT2D eigenvalue weighted by Crippen LogP contribution is -2.37. The van der Waals surface area contributed by atoms with Crippen molar-refractivity contribution in [3.05, 3.63) is 48.4 Å². The maximum absolute atomic E-state index is 5.36. The Hall–Kier alpha value is -3.00. The summed E-state index contributed by atoms with van der Waals surface area (Å²) in [5.74, 6) is 1.59. The molecule has 4 rings (SSSR count). The number of anilines is 1. The van der Waals surface area contributed by atoms with Gasteiger partial charge in [0.05, 0.1) is 26.5 Å². The smallest absolute Gasteiger partial charge is 0.225 e. The van der Waals surface area contributed by atoms with Gasteiger partial charge >= 0.3 is 0 Å². The van der Waals surface area contributed by atoms with Crippen molar-refractivity contribution in [1.82, 2.24) is 25.0 Å². The Morgan fingerprint density at radius 1 is 1.15 bits per heavy atom. The predicted octanol–water partition coefficient (Wildman–Crippen LogP) is 1.82. The number of aromatic nitrogens is 5. The minimum atomic E-state index is 0.715. The van der Waals surface area contributed by atoms with Crippen LogP contribution in [-0.4, -0.2) is 58.4 Å². The van der Waals surface area contributed by atoms with Crippen molar-refractivity contribution in [2.24, 2.45) is 0 Å². The second kappa shape index (κ2) is 8.13.